The van der Waals surface area contributed by atoms with Gasteiger partial charge in [-0.15, -0.1) is 11.3 Å². The number of ether oxygens (including phenoxy) is 2. The van der Waals surface area contributed by atoms with Crippen LogP contribution in [0.25, 0.3) is 0 Å². The number of aryl methyl sites for hydroxylation is 1. The lowest BCUT2D eigenvalue weighted by atomic mass is 10.3. The van der Waals surface area contributed by atoms with E-state index in [-0.39, 0.29) is 6.04 Å². The van der Waals surface area contributed by atoms with Gasteiger partial charge in [-0.2, -0.15) is 0 Å². The maximum atomic E-state index is 5.30. The van der Waals surface area contributed by atoms with Crippen molar-refractivity contribution in [2.24, 2.45) is 0 Å². The molecule has 0 aromatic carbocycles. The highest BCUT2D eigenvalue weighted by molar-refractivity contribution is 7.15. The first-order chi connectivity index (χ1) is 10.2. The minimum Gasteiger partial charge on any atom is -0.383 e. The van der Waals surface area contributed by atoms with Gasteiger partial charge in [0.2, 0.25) is 0 Å². The number of aromatic nitrogens is 1. The number of anilines is 1. The summed E-state index contributed by atoms with van der Waals surface area (Å²) < 4.78 is 10.5. The molecule has 1 heterocycles. The molecule has 1 aromatic heterocycles. The predicted molar refractivity (Wildman–Crippen MR) is 89.4 cm³/mol. The Hall–Kier alpha value is -0.690. The minimum atomic E-state index is 0.285. The van der Waals surface area contributed by atoms with E-state index < -0.39 is 0 Å². The molecule has 1 aromatic rings. The molecule has 1 N–H and O–H groups in total. The standard InChI is InChI=1S/C15H29N3O2S/c1-6-13-14(10-16-7-2)21-15(17-13)18(8-9-19-4)12(3)11-20-5/h12,16H,6-11H2,1-5H3. The van der Waals surface area contributed by atoms with Crippen molar-refractivity contribution in [2.45, 2.75) is 39.8 Å². The molecular weight excluding hydrogens is 286 g/mol. The molecule has 0 saturated carbocycles. The van der Waals surface area contributed by atoms with E-state index in [0.29, 0.717) is 13.2 Å². The maximum Gasteiger partial charge on any atom is 0.186 e. The van der Waals surface area contributed by atoms with Gasteiger partial charge in [0.1, 0.15) is 0 Å². The Morgan fingerprint density at radius 3 is 2.62 bits per heavy atom. The Bertz CT molecular complexity index is 398. The molecule has 0 radical (unpaired) electrons. The summed E-state index contributed by atoms with van der Waals surface area (Å²) in [6, 6.07) is 0.285. The Labute approximate surface area is 132 Å². The molecule has 1 unspecified atom stereocenters. The van der Waals surface area contributed by atoms with Crippen molar-refractivity contribution in [1.29, 1.82) is 0 Å². The molecule has 0 aliphatic heterocycles. The number of nitrogens with zero attached hydrogens (tertiary/aromatic N) is 2. The summed E-state index contributed by atoms with van der Waals surface area (Å²) in [6.45, 7) is 10.5. The molecule has 6 heteroatoms. The van der Waals surface area contributed by atoms with E-state index in [1.807, 2.05) is 0 Å². The Morgan fingerprint density at radius 2 is 2.05 bits per heavy atom. The second kappa shape index (κ2) is 10.1. The zero-order valence-electron chi connectivity index (χ0n) is 13.9. The predicted octanol–water partition coefficient (Wildman–Crippen LogP) is 2.30. The quantitative estimate of drug-likeness (QED) is 0.679. The Balaban J connectivity index is 2.91. The first-order valence-electron chi connectivity index (χ1n) is 7.61. The lowest BCUT2D eigenvalue weighted by Crippen LogP contribution is -2.38. The van der Waals surface area contributed by atoms with E-state index in [9.17, 15) is 0 Å². The van der Waals surface area contributed by atoms with Gasteiger partial charge in [0.05, 0.1) is 24.9 Å². The summed E-state index contributed by atoms with van der Waals surface area (Å²) in [7, 11) is 3.47. The Kier molecular flexibility index (Phi) is 8.84. The largest absolute Gasteiger partial charge is 0.383 e. The van der Waals surface area contributed by atoms with Crippen molar-refractivity contribution in [1.82, 2.24) is 10.3 Å². The zero-order valence-corrected chi connectivity index (χ0v) is 14.8. The summed E-state index contributed by atoms with van der Waals surface area (Å²) in [6.07, 6.45) is 0.966. The van der Waals surface area contributed by atoms with Crippen LogP contribution in [0.15, 0.2) is 0 Å². The second-order valence-corrected chi connectivity index (χ2v) is 6.05. The smallest absolute Gasteiger partial charge is 0.186 e. The molecule has 21 heavy (non-hydrogen) atoms. The molecule has 1 rings (SSSR count). The third-order valence-electron chi connectivity index (χ3n) is 3.36. The Morgan fingerprint density at radius 1 is 1.29 bits per heavy atom. The van der Waals surface area contributed by atoms with Crippen molar-refractivity contribution >= 4 is 16.5 Å². The third-order valence-corrected chi connectivity index (χ3v) is 4.49. The van der Waals surface area contributed by atoms with Crippen LogP contribution in [-0.4, -0.2) is 51.5 Å². The van der Waals surface area contributed by atoms with Gasteiger partial charge in [-0.25, -0.2) is 4.98 Å². The van der Waals surface area contributed by atoms with Gasteiger partial charge in [-0.3, -0.25) is 0 Å². The van der Waals surface area contributed by atoms with Crippen LogP contribution in [0.3, 0.4) is 0 Å². The first kappa shape index (κ1) is 18.4. The fraction of sp³-hybridized carbons (Fsp3) is 0.800. The molecule has 0 fully saturated rings. The molecule has 0 aliphatic carbocycles. The van der Waals surface area contributed by atoms with Crippen LogP contribution in [0.2, 0.25) is 0 Å². The lowest BCUT2D eigenvalue weighted by Gasteiger charge is -2.28. The van der Waals surface area contributed by atoms with E-state index in [2.05, 4.69) is 31.0 Å². The van der Waals surface area contributed by atoms with Gasteiger partial charge < -0.3 is 19.7 Å². The number of methoxy groups -OCH3 is 2. The molecule has 1 atom stereocenters. The highest BCUT2D eigenvalue weighted by Crippen LogP contribution is 2.28. The minimum absolute atomic E-state index is 0.285. The van der Waals surface area contributed by atoms with Crippen molar-refractivity contribution < 1.29 is 9.47 Å². The summed E-state index contributed by atoms with van der Waals surface area (Å²) in [5.41, 5.74) is 1.20. The fourth-order valence-corrected chi connectivity index (χ4v) is 3.42. The molecule has 5 nitrogen and oxygen atoms in total. The normalized spacial score (nSPS) is 12.6. The molecule has 0 spiro atoms. The van der Waals surface area contributed by atoms with Gasteiger partial charge in [0.25, 0.3) is 0 Å². The van der Waals surface area contributed by atoms with Crippen molar-refractivity contribution in [3.05, 3.63) is 10.6 Å². The van der Waals surface area contributed by atoms with Crippen molar-refractivity contribution in [2.75, 3.05) is 45.4 Å². The van der Waals surface area contributed by atoms with Gasteiger partial charge in [0, 0.05) is 32.2 Å². The SMILES string of the molecule is CCNCc1sc(N(CCOC)C(C)COC)nc1CC. The van der Waals surface area contributed by atoms with E-state index in [0.717, 1.165) is 31.2 Å². The van der Waals surface area contributed by atoms with Gasteiger partial charge in [0.15, 0.2) is 5.13 Å². The number of hydrogen-bond acceptors (Lipinski definition) is 6. The van der Waals surface area contributed by atoms with Crippen LogP contribution < -0.4 is 10.2 Å². The van der Waals surface area contributed by atoms with E-state index in [1.54, 1.807) is 25.6 Å². The highest BCUT2D eigenvalue weighted by atomic mass is 32.1. The topological polar surface area (TPSA) is 46.6 Å². The molecule has 0 bridgehead atoms. The molecule has 0 amide bonds. The van der Waals surface area contributed by atoms with Crippen LogP contribution in [0, 0.1) is 0 Å². The molecular formula is C15H29N3O2S. The summed E-state index contributed by atoms with van der Waals surface area (Å²) >= 11 is 1.78. The van der Waals surface area contributed by atoms with Crippen LogP contribution >= 0.6 is 11.3 Å². The maximum absolute atomic E-state index is 5.30. The number of rotatable bonds is 11. The van der Waals surface area contributed by atoms with E-state index in [1.165, 1.54) is 10.6 Å². The summed E-state index contributed by atoms with van der Waals surface area (Å²) in [5, 5.41) is 4.46. The van der Waals surface area contributed by atoms with E-state index >= 15 is 0 Å². The fourth-order valence-electron chi connectivity index (χ4n) is 2.17. The van der Waals surface area contributed by atoms with Crippen molar-refractivity contribution in [3.63, 3.8) is 0 Å². The zero-order chi connectivity index (χ0) is 15.7. The lowest BCUT2D eigenvalue weighted by molar-refractivity contribution is 0.171. The monoisotopic (exact) mass is 315 g/mol. The molecule has 0 aliphatic rings. The van der Waals surface area contributed by atoms with Gasteiger partial charge >= 0.3 is 0 Å². The van der Waals surface area contributed by atoms with Gasteiger partial charge in [-0.1, -0.05) is 13.8 Å². The average Bonchev–Trinajstić information content (AvgIpc) is 2.88. The summed E-state index contributed by atoms with van der Waals surface area (Å²) in [4.78, 5) is 8.45. The van der Waals surface area contributed by atoms with E-state index in [4.69, 9.17) is 14.5 Å². The van der Waals surface area contributed by atoms with Crippen LogP contribution in [0.5, 0.6) is 0 Å². The second-order valence-electron chi connectivity index (χ2n) is 4.99. The number of thiazole rings is 1. The molecule has 0 saturated heterocycles. The third kappa shape index (κ3) is 5.54. The van der Waals surface area contributed by atoms with Crippen molar-refractivity contribution in [3.8, 4) is 0 Å². The number of nitrogens with one attached hydrogen (secondary N) is 1. The summed E-state index contributed by atoms with van der Waals surface area (Å²) in [5.74, 6) is 0. The molecule has 122 valence electrons. The van der Waals surface area contributed by atoms with Gasteiger partial charge in [-0.05, 0) is 19.9 Å². The first-order valence-corrected chi connectivity index (χ1v) is 8.43. The van der Waals surface area contributed by atoms with Crippen LogP contribution in [0.4, 0.5) is 5.13 Å². The number of hydrogen-bond donors (Lipinski definition) is 1. The van der Waals surface area contributed by atoms with Crippen LogP contribution in [-0.2, 0) is 22.4 Å². The average molecular weight is 315 g/mol. The highest BCUT2D eigenvalue weighted by Gasteiger charge is 2.20. The van der Waals surface area contributed by atoms with Crippen LogP contribution in [0.1, 0.15) is 31.3 Å².